The Bertz CT molecular complexity index is 509. The molecule has 5 nitrogen and oxygen atoms in total. The van der Waals surface area contributed by atoms with E-state index < -0.39 is 18.0 Å². The first-order valence-corrected chi connectivity index (χ1v) is 6.22. The molecule has 2 rings (SSSR count). The number of methoxy groups -OCH3 is 1. The lowest BCUT2D eigenvalue weighted by atomic mass is 10.1. The van der Waals surface area contributed by atoms with Gasteiger partial charge in [-0.3, -0.25) is 4.99 Å². The van der Waals surface area contributed by atoms with E-state index in [1.54, 1.807) is 24.3 Å². The smallest absolute Gasteiger partial charge is 0.337 e. The minimum atomic E-state index is -0.913. The summed E-state index contributed by atoms with van der Waals surface area (Å²) in [6.45, 7) is 0. The molecule has 18 heavy (non-hydrogen) atoms. The van der Waals surface area contributed by atoms with Gasteiger partial charge in [0.25, 0.3) is 0 Å². The molecule has 1 heterocycles. The second-order valence-electron chi connectivity index (χ2n) is 3.67. The van der Waals surface area contributed by atoms with Crippen molar-refractivity contribution in [1.29, 1.82) is 0 Å². The fourth-order valence-corrected chi connectivity index (χ4v) is 2.56. The number of carboxylic acid groups (broad SMARTS) is 1. The predicted octanol–water partition coefficient (Wildman–Crippen LogP) is 1.42. The van der Waals surface area contributed by atoms with Crippen molar-refractivity contribution in [3.8, 4) is 0 Å². The number of aliphatic carboxylic acids is 1. The molecule has 94 valence electrons. The van der Waals surface area contributed by atoms with E-state index in [0.29, 0.717) is 16.4 Å². The van der Waals surface area contributed by atoms with Crippen molar-refractivity contribution in [2.75, 3.05) is 12.9 Å². The molecule has 0 saturated heterocycles. The van der Waals surface area contributed by atoms with Gasteiger partial charge in [-0.2, -0.15) is 0 Å². The van der Waals surface area contributed by atoms with Gasteiger partial charge in [0.2, 0.25) is 0 Å². The van der Waals surface area contributed by atoms with E-state index >= 15 is 0 Å². The summed E-state index contributed by atoms with van der Waals surface area (Å²) in [5, 5.41) is 9.54. The van der Waals surface area contributed by atoms with Crippen LogP contribution < -0.4 is 0 Å². The fourth-order valence-electron chi connectivity index (χ4n) is 1.53. The lowest BCUT2D eigenvalue weighted by Gasteiger charge is -2.01. The second kappa shape index (κ2) is 5.22. The van der Waals surface area contributed by atoms with Gasteiger partial charge in [-0.25, -0.2) is 9.59 Å². The molecule has 6 heteroatoms. The van der Waals surface area contributed by atoms with Crippen molar-refractivity contribution in [2.24, 2.45) is 4.99 Å². The van der Waals surface area contributed by atoms with Crippen LogP contribution in [0.25, 0.3) is 0 Å². The van der Waals surface area contributed by atoms with Gasteiger partial charge >= 0.3 is 11.9 Å². The van der Waals surface area contributed by atoms with Gasteiger partial charge in [0.1, 0.15) is 0 Å². The molecule has 0 fully saturated rings. The van der Waals surface area contributed by atoms with Gasteiger partial charge in [0.05, 0.1) is 17.7 Å². The normalized spacial score (nSPS) is 18.3. The van der Waals surface area contributed by atoms with E-state index in [1.165, 1.54) is 18.9 Å². The zero-order valence-corrected chi connectivity index (χ0v) is 10.4. The maximum Gasteiger partial charge on any atom is 0.337 e. The van der Waals surface area contributed by atoms with Gasteiger partial charge in [-0.15, -0.1) is 11.8 Å². The van der Waals surface area contributed by atoms with E-state index in [2.05, 4.69) is 9.73 Å². The Hall–Kier alpha value is -1.82. The Balaban J connectivity index is 2.18. The highest BCUT2D eigenvalue weighted by Crippen LogP contribution is 2.23. The monoisotopic (exact) mass is 265 g/mol. The number of hydrogen-bond acceptors (Lipinski definition) is 5. The Morgan fingerprint density at radius 3 is 2.56 bits per heavy atom. The lowest BCUT2D eigenvalue weighted by molar-refractivity contribution is -0.137. The van der Waals surface area contributed by atoms with E-state index in [-0.39, 0.29) is 0 Å². The van der Waals surface area contributed by atoms with Crippen molar-refractivity contribution in [3.63, 3.8) is 0 Å². The largest absolute Gasteiger partial charge is 0.480 e. The standard InChI is InChI=1S/C12H11NO4S/c1-17-12(16)8-4-2-7(3-5-8)10-13-9(6-18-10)11(14)15/h2-5,9H,6H2,1H3,(H,14,15)/t9-/m0/s1. The number of nitrogens with zero attached hydrogens (tertiary/aromatic N) is 1. The van der Waals surface area contributed by atoms with E-state index in [0.717, 1.165) is 5.56 Å². The molecule has 0 aliphatic carbocycles. The molecule has 1 atom stereocenters. The number of thioether (sulfide) groups is 1. The van der Waals surface area contributed by atoms with E-state index in [4.69, 9.17) is 5.11 Å². The van der Waals surface area contributed by atoms with Crippen molar-refractivity contribution < 1.29 is 19.4 Å². The van der Waals surface area contributed by atoms with Gasteiger partial charge < -0.3 is 9.84 Å². The zero-order valence-electron chi connectivity index (χ0n) is 9.62. The number of ether oxygens (including phenoxy) is 1. The SMILES string of the molecule is COC(=O)c1ccc(C2=N[C@H](C(=O)O)CS2)cc1. The van der Waals surface area contributed by atoms with Crippen LogP contribution >= 0.6 is 11.8 Å². The molecular weight excluding hydrogens is 254 g/mol. The first-order chi connectivity index (χ1) is 8.61. The minimum absolute atomic E-state index is 0.397. The lowest BCUT2D eigenvalue weighted by Crippen LogP contribution is -2.17. The summed E-state index contributed by atoms with van der Waals surface area (Å²) < 4.78 is 4.60. The summed E-state index contributed by atoms with van der Waals surface area (Å²) in [4.78, 5) is 26.1. The highest BCUT2D eigenvalue weighted by molar-refractivity contribution is 8.14. The number of hydrogen-bond donors (Lipinski definition) is 1. The Kier molecular flexibility index (Phi) is 3.66. The molecule has 0 bridgehead atoms. The third-order valence-electron chi connectivity index (χ3n) is 2.49. The predicted molar refractivity (Wildman–Crippen MR) is 68.2 cm³/mol. The Labute approximate surface area is 108 Å². The van der Waals surface area contributed by atoms with E-state index in [9.17, 15) is 9.59 Å². The number of carbonyl (C=O) groups excluding carboxylic acids is 1. The molecule has 1 aliphatic rings. The van der Waals surface area contributed by atoms with Gasteiger partial charge in [-0.1, -0.05) is 12.1 Å². The average Bonchev–Trinajstić information content (AvgIpc) is 2.88. The number of esters is 1. The average molecular weight is 265 g/mol. The molecule has 0 unspecified atom stereocenters. The maximum absolute atomic E-state index is 11.3. The van der Waals surface area contributed by atoms with E-state index in [1.807, 2.05) is 0 Å². The fraction of sp³-hybridized carbons (Fsp3) is 0.250. The zero-order chi connectivity index (χ0) is 13.1. The van der Waals surface area contributed by atoms with Gasteiger partial charge in [-0.05, 0) is 12.1 Å². The van der Waals surface area contributed by atoms with Crippen LogP contribution in [0.1, 0.15) is 15.9 Å². The summed E-state index contributed by atoms with van der Waals surface area (Å²) in [6.07, 6.45) is 0. The maximum atomic E-state index is 11.3. The number of rotatable bonds is 3. The molecule has 1 aromatic carbocycles. The number of aliphatic imine (C=N–C) groups is 1. The van der Waals surface area contributed by atoms with Crippen LogP contribution in [-0.4, -0.2) is 41.0 Å². The van der Waals surface area contributed by atoms with Crippen LogP contribution in [0.5, 0.6) is 0 Å². The first kappa shape index (κ1) is 12.6. The van der Waals surface area contributed by atoms with Crippen LogP contribution in [0.15, 0.2) is 29.3 Å². The molecular formula is C12H11NO4S. The van der Waals surface area contributed by atoms with Crippen LogP contribution in [0.2, 0.25) is 0 Å². The number of carboxylic acids is 1. The van der Waals surface area contributed by atoms with Crippen LogP contribution in [0, 0.1) is 0 Å². The third kappa shape index (κ3) is 2.53. The molecule has 0 radical (unpaired) electrons. The number of benzene rings is 1. The number of carbonyl (C=O) groups is 2. The topological polar surface area (TPSA) is 76.0 Å². The van der Waals surface area contributed by atoms with Crippen LogP contribution in [-0.2, 0) is 9.53 Å². The van der Waals surface area contributed by atoms with Gasteiger partial charge in [0.15, 0.2) is 6.04 Å². The summed E-state index contributed by atoms with van der Waals surface area (Å²) in [5.41, 5.74) is 1.27. The van der Waals surface area contributed by atoms with Crippen molar-refractivity contribution in [1.82, 2.24) is 0 Å². The highest BCUT2D eigenvalue weighted by atomic mass is 32.2. The van der Waals surface area contributed by atoms with Crippen molar-refractivity contribution in [3.05, 3.63) is 35.4 Å². The summed E-state index contributed by atoms with van der Waals surface area (Å²) >= 11 is 1.40. The molecule has 1 aromatic rings. The quantitative estimate of drug-likeness (QED) is 0.836. The molecule has 0 saturated carbocycles. The first-order valence-electron chi connectivity index (χ1n) is 5.24. The molecule has 1 aliphatic heterocycles. The molecule has 0 aromatic heterocycles. The summed E-state index contributed by atoms with van der Waals surface area (Å²) in [7, 11) is 1.32. The Morgan fingerprint density at radius 1 is 1.39 bits per heavy atom. The molecule has 1 N–H and O–H groups in total. The summed E-state index contributed by atoms with van der Waals surface area (Å²) in [5.74, 6) is -0.863. The summed E-state index contributed by atoms with van der Waals surface area (Å²) in [6, 6.07) is 6.08. The highest BCUT2D eigenvalue weighted by Gasteiger charge is 2.25. The second-order valence-corrected chi connectivity index (χ2v) is 4.68. The van der Waals surface area contributed by atoms with Crippen LogP contribution in [0.4, 0.5) is 0 Å². The third-order valence-corrected chi connectivity index (χ3v) is 3.59. The van der Waals surface area contributed by atoms with Crippen molar-refractivity contribution in [2.45, 2.75) is 6.04 Å². The molecule has 0 amide bonds. The van der Waals surface area contributed by atoms with Crippen molar-refractivity contribution >= 4 is 28.7 Å². The van der Waals surface area contributed by atoms with Gasteiger partial charge in [0, 0.05) is 11.3 Å². The minimum Gasteiger partial charge on any atom is -0.480 e. The van der Waals surface area contributed by atoms with Crippen LogP contribution in [0.3, 0.4) is 0 Å². The molecule has 0 spiro atoms. The Morgan fingerprint density at radius 2 is 2.06 bits per heavy atom.